The minimum atomic E-state index is -0.0998. The van der Waals surface area contributed by atoms with Gasteiger partial charge in [-0.1, -0.05) is 13.3 Å². The van der Waals surface area contributed by atoms with Crippen LogP contribution in [0.5, 0.6) is 0 Å². The minimum absolute atomic E-state index is 0.0887. The summed E-state index contributed by atoms with van der Waals surface area (Å²) in [6.07, 6.45) is 2.89. The number of likely N-dealkylation sites (N-methyl/N-ethyl adjacent to an activating group) is 1. The van der Waals surface area contributed by atoms with E-state index in [0.29, 0.717) is 0 Å². The number of hydrogen-bond acceptors (Lipinski definition) is 4. The van der Waals surface area contributed by atoms with E-state index < -0.39 is 0 Å². The molecule has 0 aromatic rings. The van der Waals surface area contributed by atoms with Gasteiger partial charge in [-0.2, -0.15) is 0 Å². The normalized spacial score (nSPS) is 13.2. The molecule has 1 atom stereocenters. The van der Waals surface area contributed by atoms with Crippen molar-refractivity contribution in [3.05, 3.63) is 0 Å². The van der Waals surface area contributed by atoms with Gasteiger partial charge in [0.15, 0.2) is 0 Å². The number of amides is 1. The number of hydrazine groups is 1. The molecular weight excluding hydrogens is 204 g/mol. The molecule has 0 aromatic carbocycles. The van der Waals surface area contributed by atoms with E-state index in [1.54, 1.807) is 0 Å². The lowest BCUT2D eigenvalue weighted by Crippen LogP contribution is -2.48. The fraction of sp³-hybridized carbons (Fsp3) is 0.909. The molecule has 0 aromatic heterocycles. The number of nitrogens with one attached hydrogen (secondary N) is 1. The molecule has 16 heavy (non-hydrogen) atoms. The summed E-state index contributed by atoms with van der Waals surface area (Å²) < 4.78 is 0. The van der Waals surface area contributed by atoms with Crippen LogP contribution in [0, 0.1) is 0 Å². The van der Waals surface area contributed by atoms with Gasteiger partial charge in [0, 0.05) is 0 Å². The van der Waals surface area contributed by atoms with Gasteiger partial charge in [-0.3, -0.25) is 15.1 Å². The summed E-state index contributed by atoms with van der Waals surface area (Å²) in [4.78, 5) is 15.8. The highest BCUT2D eigenvalue weighted by Gasteiger charge is 2.20. The van der Waals surface area contributed by atoms with Crippen molar-refractivity contribution >= 4 is 5.91 Å². The maximum absolute atomic E-state index is 11.6. The first-order chi connectivity index (χ1) is 7.52. The molecular formula is C11H26N4O. The highest BCUT2D eigenvalue weighted by atomic mass is 16.2. The van der Waals surface area contributed by atoms with Crippen LogP contribution in [0.1, 0.15) is 26.2 Å². The van der Waals surface area contributed by atoms with E-state index in [4.69, 9.17) is 5.84 Å². The second kappa shape index (κ2) is 8.50. The smallest absolute Gasteiger partial charge is 0.251 e. The van der Waals surface area contributed by atoms with Gasteiger partial charge in [-0.05, 0) is 47.1 Å². The van der Waals surface area contributed by atoms with E-state index >= 15 is 0 Å². The second-order valence-corrected chi connectivity index (χ2v) is 4.45. The molecule has 0 spiro atoms. The average molecular weight is 230 g/mol. The monoisotopic (exact) mass is 230 g/mol. The summed E-state index contributed by atoms with van der Waals surface area (Å²) in [6, 6.07) is -0.0998. The van der Waals surface area contributed by atoms with Crippen molar-refractivity contribution < 1.29 is 4.79 Å². The number of hydrogen-bond donors (Lipinski definition) is 2. The van der Waals surface area contributed by atoms with Crippen LogP contribution in [0.25, 0.3) is 0 Å². The third kappa shape index (κ3) is 6.05. The van der Waals surface area contributed by atoms with Crippen LogP contribution in [0.2, 0.25) is 0 Å². The summed E-state index contributed by atoms with van der Waals surface area (Å²) >= 11 is 0. The quantitative estimate of drug-likeness (QED) is 0.351. The minimum Gasteiger partial charge on any atom is -0.309 e. The molecule has 0 saturated carbocycles. The summed E-state index contributed by atoms with van der Waals surface area (Å²) in [5.74, 6) is 5.09. The molecule has 0 bridgehead atoms. The molecule has 1 unspecified atom stereocenters. The van der Waals surface area contributed by atoms with Crippen molar-refractivity contribution in [1.82, 2.24) is 15.2 Å². The van der Waals surface area contributed by atoms with Gasteiger partial charge in [0.1, 0.15) is 0 Å². The zero-order chi connectivity index (χ0) is 12.6. The van der Waals surface area contributed by atoms with Crippen molar-refractivity contribution in [2.75, 3.05) is 34.2 Å². The molecule has 0 heterocycles. The molecule has 5 heteroatoms. The third-order valence-corrected chi connectivity index (χ3v) is 2.66. The molecule has 0 aliphatic carbocycles. The van der Waals surface area contributed by atoms with Crippen LogP contribution in [0.15, 0.2) is 0 Å². The van der Waals surface area contributed by atoms with Crippen LogP contribution in [-0.4, -0.2) is 56.0 Å². The molecule has 96 valence electrons. The van der Waals surface area contributed by atoms with Crippen LogP contribution in [0.3, 0.4) is 0 Å². The van der Waals surface area contributed by atoms with Crippen molar-refractivity contribution in [3.8, 4) is 0 Å². The number of carbonyl (C=O) groups is 1. The molecule has 5 nitrogen and oxygen atoms in total. The summed E-state index contributed by atoms with van der Waals surface area (Å²) in [6.45, 7) is 4.02. The van der Waals surface area contributed by atoms with E-state index in [0.717, 1.165) is 32.4 Å². The number of rotatable bonds is 8. The van der Waals surface area contributed by atoms with E-state index in [1.807, 2.05) is 7.05 Å². The van der Waals surface area contributed by atoms with Crippen molar-refractivity contribution in [2.45, 2.75) is 32.2 Å². The lowest BCUT2D eigenvalue weighted by Gasteiger charge is -2.26. The molecule has 0 aliphatic heterocycles. The van der Waals surface area contributed by atoms with Crippen LogP contribution in [-0.2, 0) is 4.79 Å². The average Bonchev–Trinajstić information content (AvgIpc) is 2.24. The van der Waals surface area contributed by atoms with Gasteiger partial charge < -0.3 is 4.90 Å². The molecule has 3 N–H and O–H groups in total. The fourth-order valence-electron chi connectivity index (χ4n) is 1.71. The van der Waals surface area contributed by atoms with E-state index in [2.05, 4.69) is 36.2 Å². The van der Waals surface area contributed by atoms with Crippen molar-refractivity contribution in [3.63, 3.8) is 0 Å². The first-order valence-corrected chi connectivity index (χ1v) is 5.88. The standard InChI is InChI=1S/C11H26N4O/c1-5-7-10(11(16)13-12)15(4)9-6-8-14(2)3/h10H,5-9,12H2,1-4H3,(H,13,16). The number of carbonyl (C=O) groups excluding carboxylic acids is 1. The van der Waals surface area contributed by atoms with Crippen molar-refractivity contribution in [1.29, 1.82) is 0 Å². The van der Waals surface area contributed by atoms with Gasteiger partial charge in [-0.15, -0.1) is 0 Å². The Morgan fingerprint density at radius 2 is 1.94 bits per heavy atom. The number of nitrogens with zero attached hydrogens (tertiary/aromatic N) is 2. The van der Waals surface area contributed by atoms with Gasteiger partial charge in [-0.25, -0.2) is 5.84 Å². The Morgan fingerprint density at radius 1 is 1.31 bits per heavy atom. The fourth-order valence-corrected chi connectivity index (χ4v) is 1.71. The molecule has 0 rings (SSSR count). The Balaban J connectivity index is 4.06. The van der Waals surface area contributed by atoms with E-state index in [-0.39, 0.29) is 11.9 Å². The largest absolute Gasteiger partial charge is 0.309 e. The van der Waals surface area contributed by atoms with Crippen LogP contribution < -0.4 is 11.3 Å². The second-order valence-electron chi connectivity index (χ2n) is 4.45. The Kier molecular flexibility index (Phi) is 8.15. The first kappa shape index (κ1) is 15.3. The van der Waals surface area contributed by atoms with Crippen LogP contribution >= 0.6 is 0 Å². The zero-order valence-electron chi connectivity index (χ0n) is 11.0. The molecule has 0 radical (unpaired) electrons. The summed E-state index contributed by atoms with van der Waals surface area (Å²) in [5.41, 5.74) is 2.24. The predicted molar refractivity (Wildman–Crippen MR) is 66.8 cm³/mol. The first-order valence-electron chi connectivity index (χ1n) is 5.88. The van der Waals surface area contributed by atoms with Gasteiger partial charge >= 0.3 is 0 Å². The molecule has 0 aliphatic rings. The van der Waals surface area contributed by atoms with Gasteiger partial charge in [0.2, 0.25) is 0 Å². The number of nitrogens with two attached hydrogens (primary N) is 1. The molecule has 0 saturated heterocycles. The molecule has 0 fully saturated rings. The van der Waals surface area contributed by atoms with Gasteiger partial charge in [0.25, 0.3) is 5.91 Å². The maximum atomic E-state index is 11.6. The summed E-state index contributed by atoms with van der Waals surface area (Å²) in [7, 11) is 6.08. The Hall–Kier alpha value is -0.650. The predicted octanol–water partition coefficient (Wildman–Crippen LogP) is 0.0285. The highest BCUT2D eigenvalue weighted by Crippen LogP contribution is 2.05. The Labute approximate surface area is 98.9 Å². The van der Waals surface area contributed by atoms with Gasteiger partial charge in [0.05, 0.1) is 6.04 Å². The Bertz CT molecular complexity index is 196. The lowest BCUT2D eigenvalue weighted by molar-refractivity contribution is -0.126. The SMILES string of the molecule is CCCC(C(=O)NN)N(C)CCCN(C)C. The topological polar surface area (TPSA) is 61.6 Å². The molecule has 1 amide bonds. The van der Waals surface area contributed by atoms with E-state index in [9.17, 15) is 4.79 Å². The van der Waals surface area contributed by atoms with E-state index in [1.165, 1.54) is 0 Å². The maximum Gasteiger partial charge on any atom is 0.251 e. The summed E-state index contributed by atoms with van der Waals surface area (Å²) in [5, 5.41) is 0. The zero-order valence-corrected chi connectivity index (χ0v) is 11.0. The van der Waals surface area contributed by atoms with Crippen molar-refractivity contribution in [2.24, 2.45) is 5.84 Å². The third-order valence-electron chi connectivity index (χ3n) is 2.66. The lowest BCUT2D eigenvalue weighted by atomic mass is 10.1. The Morgan fingerprint density at radius 3 is 2.38 bits per heavy atom. The highest BCUT2D eigenvalue weighted by molar-refractivity contribution is 5.81. The van der Waals surface area contributed by atoms with Crippen LogP contribution in [0.4, 0.5) is 0 Å².